The molecule has 2 aromatic carbocycles. The number of rotatable bonds is 4. The molecule has 0 atom stereocenters. The molecule has 0 aliphatic carbocycles. The molecule has 0 unspecified atom stereocenters. The van der Waals surface area contributed by atoms with E-state index in [1.807, 2.05) is 6.07 Å². The van der Waals surface area contributed by atoms with E-state index in [-0.39, 0.29) is 5.54 Å². The van der Waals surface area contributed by atoms with Gasteiger partial charge in [-0.15, -0.1) is 0 Å². The third-order valence-corrected chi connectivity index (χ3v) is 5.66. The van der Waals surface area contributed by atoms with Gasteiger partial charge in [0, 0.05) is 30.8 Å². The third-order valence-electron chi connectivity index (χ3n) is 2.90. The summed E-state index contributed by atoms with van der Waals surface area (Å²) in [7, 11) is 0. The van der Waals surface area contributed by atoms with Crippen LogP contribution < -0.4 is 5.32 Å². The fraction of sp³-hybridized carbons (Fsp3) is 0.294. The van der Waals surface area contributed by atoms with Crippen molar-refractivity contribution in [2.24, 2.45) is 0 Å². The first-order chi connectivity index (χ1) is 9.85. The van der Waals surface area contributed by atoms with Gasteiger partial charge in [0.25, 0.3) is 0 Å². The fourth-order valence-electron chi connectivity index (χ4n) is 1.75. The first kappa shape index (κ1) is 17.1. The van der Waals surface area contributed by atoms with E-state index in [0.29, 0.717) is 0 Å². The molecule has 112 valence electrons. The van der Waals surface area contributed by atoms with E-state index in [0.717, 1.165) is 15.5 Å². The second-order valence-electron chi connectivity index (χ2n) is 5.89. The second-order valence-corrected chi connectivity index (χ2v) is 8.71. The van der Waals surface area contributed by atoms with Gasteiger partial charge in [0.15, 0.2) is 0 Å². The first-order valence-electron chi connectivity index (χ1n) is 6.81. The Morgan fingerprint density at radius 1 is 1.00 bits per heavy atom. The minimum atomic E-state index is 0.127. The lowest BCUT2D eigenvalue weighted by Crippen LogP contribution is -2.35. The topological polar surface area (TPSA) is 12.0 Å². The number of hydrogen-bond acceptors (Lipinski definition) is 2. The van der Waals surface area contributed by atoms with Crippen LogP contribution in [-0.4, -0.2) is 5.54 Å². The van der Waals surface area contributed by atoms with Crippen molar-refractivity contribution in [1.82, 2.24) is 5.32 Å². The lowest BCUT2D eigenvalue weighted by Gasteiger charge is -2.21. The molecule has 1 N–H and O–H groups in total. The predicted molar refractivity (Wildman–Crippen MR) is 99.0 cm³/mol. The lowest BCUT2D eigenvalue weighted by molar-refractivity contribution is 0.424. The van der Waals surface area contributed by atoms with Gasteiger partial charge in [-0.3, -0.25) is 0 Å². The SMILES string of the molecule is CC(C)(C)NCc1ccc(Sc2ccccc2Br)cc1Br. The fourth-order valence-corrected chi connectivity index (χ4v) is 3.83. The van der Waals surface area contributed by atoms with E-state index in [1.165, 1.54) is 15.4 Å². The molecule has 1 nitrogen and oxygen atoms in total. The Bertz CT molecular complexity index is 620. The zero-order valence-electron chi connectivity index (χ0n) is 12.4. The van der Waals surface area contributed by atoms with Crippen molar-refractivity contribution < 1.29 is 0 Å². The molecule has 0 aliphatic heterocycles. The van der Waals surface area contributed by atoms with Gasteiger partial charge in [-0.25, -0.2) is 0 Å². The van der Waals surface area contributed by atoms with Gasteiger partial charge < -0.3 is 5.32 Å². The molecule has 0 radical (unpaired) electrons. The van der Waals surface area contributed by atoms with Gasteiger partial charge in [-0.1, -0.05) is 45.9 Å². The average Bonchev–Trinajstić information content (AvgIpc) is 2.39. The standard InChI is InChI=1S/C17H19Br2NS/c1-17(2,3)20-11-12-8-9-13(10-15(12)19)21-16-7-5-4-6-14(16)18/h4-10,20H,11H2,1-3H3. The molecule has 0 saturated carbocycles. The molecule has 21 heavy (non-hydrogen) atoms. The quantitative estimate of drug-likeness (QED) is 0.617. The molecular weight excluding hydrogens is 410 g/mol. The molecule has 2 aromatic rings. The second kappa shape index (κ2) is 7.32. The van der Waals surface area contributed by atoms with Crippen LogP contribution in [0.5, 0.6) is 0 Å². The summed E-state index contributed by atoms with van der Waals surface area (Å²) in [6.07, 6.45) is 0. The smallest absolute Gasteiger partial charge is 0.0314 e. The molecule has 0 bridgehead atoms. The van der Waals surface area contributed by atoms with Crippen molar-refractivity contribution in [3.8, 4) is 0 Å². The van der Waals surface area contributed by atoms with Crippen LogP contribution >= 0.6 is 43.6 Å². The highest BCUT2D eigenvalue weighted by molar-refractivity contribution is 9.10. The zero-order chi connectivity index (χ0) is 15.5. The van der Waals surface area contributed by atoms with Crippen LogP contribution in [0.4, 0.5) is 0 Å². The Morgan fingerprint density at radius 3 is 2.33 bits per heavy atom. The number of nitrogens with one attached hydrogen (secondary N) is 1. The summed E-state index contributed by atoms with van der Waals surface area (Å²) in [4.78, 5) is 2.46. The van der Waals surface area contributed by atoms with Gasteiger partial charge in [0.1, 0.15) is 0 Å². The summed E-state index contributed by atoms with van der Waals surface area (Å²) in [6.45, 7) is 7.40. The summed E-state index contributed by atoms with van der Waals surface area (Å²) >= 11 is 9.04. The summed E-state index contributed by atoms with van der Waals surface area (Å²) in [5.74, 6) is 0. The Balaban J connectivity index is 2.10. The predicted octanol–water partition coefficient (Wildman–Crippen LogP) is 6.25. The van der Waals surface area contributed by atoms with Crippen molar-refractivity contribution in [2.45, 2.75) is 42.6 Å². The highest BCUT2D eigenvalue weighted by Crippen LogP contribution is 2.35. The van der Waals surface area contributed by atoms with E-state index >= 15 is 0 Å². The Morgan fingerprint density at radius 2 is 1.71 bits per heavy atom. The maximum Gasteiger partial charge on any atom is 0.0314 e. The van der Waals surface area contributed by atoms with E-state index in [4.69, 9.17) is 0 Å². The van der Waals surface area contributed by atoms with Gasteiger partial charge in [0.2, 0.25) is 0 Å². The summed E-state index contributed by atoms with van der Waals surface area (Å²) in [5, 5.41) is 3.51. The summed E-state index contributed by atoms with van der Waals surface area (Å²) in [5.41, 5.74) is 1.41. The minimum absolute atomic E-state index is 0.127. The first-order valence-corrected chi connectivity index (χ1v) is 9.21. The monoisotopic (exact) mass is 427 g/mol. The van der Waals surface area contributed by atoms with Crippen molar-refractivity contribution in [2.75, 3.05) is 0 Å². The molecule has 0 spiro atoms. The van der Waals surface area contributed by atoms with Crippen LogP contribution in [0.2, 0.25) is 0 Å². The van der Waals surface area contributed by atoms with Crippen LogP contribution in [-0.2, 0) is 6.54 Å². The average molecular weight is 429 g/mol. The van der Waals surface area contributed by atoms with Crippen LogP contribution in [0.3, 0.4) is 0 Å². The normalized spacial score (nSPS) is 11.7. The van der Waals surface area contributed by atoms with Crippen LogP contribution in [0.15, 0.2) is 61.2 Å². The van der Waals surface area contributed by atoms with Crippen molar-refractivity contribution in [3.05, 3.63) is 57.0 Å². The zero-order valence-corrected chi connectivity index (χ0v) is 16.4. The molecule has 0 heterocycles. The highest BCUT2D eigenvalue weighted by Gasteiger charge is 2.10. The van der Waals surface area contributed by atoms with Gasteiger partial charge >= 0.3 is 0 Å². The Kier molecular flexibility index (Phi) is 5.95. The van der Waals surface area contributed by atoms with Crippen molar-refractivity contribution in [3.63, 3.8) is 0 Å². The van der Waals surface area contributed by atoms with Gasteiger partial charge in [-0.2, -0.15) is 0 Å². The Hall–Kier alpha value is -0.290. The van der Waals surface area contributed by atoms with E-state index < -0.39 is 0 Å². The van der Waals surface area contributed by atoms with Crippen molar-refractivity contribution in [1.29, 1.82) is 0 Å². The molecule has 0 amide bonds. The maximum atomic E-state index is 3.68. The molecule has 0 aromatic heterocycles. The van der Waals surface area contributed by atoms with E-state index in [2.05, 4.69) is 94.3 Å². The van der Waals surface area contributed by atoms with E-state index in [1.54, 1.807) is 11.8 Å². The molecule has 2 rings (SSSR count). The maximum absolute atomic E-state index is 3.68. The van der Waals surface area contributed by atoms with E-state index in [9.17, 15) is 0 Å². The highest BCUT2D eigenvalue weighted by atomic mass is 79.9. The summed E-state index contributed by atoms with van der Waals surface area (Å²) in [6, 6.07) is 14.8. The number of benzene rings is 2. The van der Waals surface area contributed by atoms with Gasteiger partial charge in [0.05, 0.1) is 0 Å². The molecule has 0 saturated heterocycles. The van der Waals surface area contributed by atoms with Crippen LogP contribution in [0, 0.1) is 0 Å². The molecule has 0 fully saturated rings. The number of halogens is 2. The molecule has 4 heteroatoms. The summed E-state index contributed by atoms with van der Waals surface area (Å²) < 4.78 is 2.28. The minimum Gasteiger partial charge on any atom is -0.308 e. The molecular formula is C17H19Br2NS. The lowest BCUT2D eigenvalue weighted by atomic mass is 10.1. The van der Waals surface area contributed by atoms with Crippen LogP contribution in [0.1, 0.15) is 26.3 Å². The Labute approximate surface area is 148 Å². The third kappa shape index (κ3) is 5.44. The van der Waals surface area contributed by atoms with Gasteiger partial charge in [-0.05, 0) is 66.5 Å². The van der Waals surface area contributed by atoms with Crippen LogP contribution in [0.25, 0.3) is 0 Å². The van der Waals surface area contributed by atoms with Crippen molar-refractivity contribution >= 4 is 43.6 Å². The molecule has 0 aliphatic rings. The largest absolute Gasteiger partial charge is 0.308 e. The number of hydrogen-bond donors (Lipinski definition) is 1.